The lowest BCUT2D eigenvalue weighted by atomic mass is 10.1. The van der Waals surface area contributed by atoms with Crippen molar-refractivity contribution >= 4 is 5.91 Å². The third-order valence-electron chi connectivity index (χ3n) is 4.27. The van der Waals surface area contributed by atoms with E-state index < -0.39 is 29.2 Å². The van der Waals surface area contributed by atoms with Crippen LogP contribution in [0, 0.1) is 5.82 Å². The second-order valence-electron chi connectivity index (χ2n) is 6.23. The van der Waals surface area contributed by atoms with Crippen LogP contribution >= 0.6 is 0 Å². The van der Waals surface area contributed by atoms with E-state index in [0.717, 1.165) is 17.8 Å². The third-order valence-corrected chi connectivity index (χ3v) is 4.27. The van der Waals surface area contributed by atoms with Crippen LogP contribution in [0.3, 0.4) is 0 Å². The Bertz CT molecular complexity index is 967. The zero-order chi connectivity index (χ0) is 20.3. The Morgan fingerprint density at radius 1 is 1.07 bits per heavy atom. The molecule has 2 aromatic carbocycles. The minimum Gasteiger partial charge on any atom is -0.341 e. The van der Waals surface area contributed by atoms with Crippen LogP contribution in [-0.4, -0.2) is 34.2 Å². The Balaban J connectivity index is 1.91. The number of hydrogen-bond donors (Lipinski definition) is 0. The minimum atomic E-state index is -4.88. The van der Waals surface area contributed by atoms with Gasteiger partial charge in [-0.2, -0.15) is 18.3 Å². The van der Waals surface area contributed by atoms with Crippen molar-refractivity contribution in [2.45, 2.75) is 12.6 Å². The summed E-state index contributed by atoms with van der Waals surface area (Å²) in [4.78, 5) is 13.8. The molecule has 0 radical (unpaired) electrons. The molecule has 0 saturated heterocycles. The molecule has 0 saturated carbocycles. The average Bonchev–Trinajstić information content (AvgIpc) is 3.12. The Morgan fingerprint density at radius 3 is 2.36 bits per heavy atom. The molecule has 1 amide bonds. The fraction of sp³-hybridized carbons (Fsp3) is 0.200. The molecule has 0 bridgehead atoms. The number of halogens is 4. The van der Waals surface area contributed by atoms with Crippen molar-refractivity contribution in [3.63, 3.8) is 0 Å². The van der Waals surface area contributed by atoms with Crippen molar-refractivity contribution in [2.75, 3.05) is 13.6 Å². The molecule has 0 aliphatic carbocycles. The summed E-state index contributed by atoms with van der Waals surface area (Å²) >= 11 is 0. The largest absolute Gasteiger partial charge is 0.434 e. The maximum absolute atomic E-state index is 14.0. The molecule has 0 aliphatic rings. The van der Waals surface area contributed by atoms with E-state index in [0.29, 0.717) is 11.1 Å². The Hall–Kier alpha value is -3.16. The summed E-state index contributed by atoms with van der Waals surface area (Å²) in [6, 6.07) is 14.2. The highest BCUT2D eigenvalue weighted by Crippen LogP contribution is 2.34. The summed E-state index contributed by atoms with van der Waals surface area (Å²) in [5, 5.41) is 3.64. The molecule has 0 atom stereocenters. The normalized spacial score (nSPS) is 11.5. The van der Waals surface area contributed by atoms with Gasteiger partial charge in [0.15, 0.2) is 5.69 Å². The molecule has 0 unspecified atom stereocenters. The van der Waals surface area contributed by atoms with Crippen LogP contribution in [0.4, 0.5) is 17.6 Å². The lowest BCUT2D eigenvalue weighted by Gasteiger charge is -2.18. The number of hydrogen-bond acceptors (Lipinski definition) is 2. The molecule has 0 N–H and O–H groups in total. The first-order valence-corrected chi connectivity index (χ1v) is 8.48. The van der Waals surface area contributed by atoms with Gasteiger partial charge in [-0.15, -0.1) is 0 Å². The maximum atomic E-state index is 14.0. The van der Waals surface area contributed by atoms with E-state index in [9.17, 15) is 22.4 Å². The van der Waals surface area contributed by atoms with E-state index in [4.69, 9.17) is 0 Å². The Labute approximate surface area is 159 Å². The molecule has 8 heteroatoms. The van der Waals surface area contributed by atoms with Gasteiger partial charge in [-0.1, -0.05) is 42.5 Å². The highest BCUT2D eigenvalue weighted by atomic mass is 19.4. The van der Waals surface area contributed by atoms with E-state index in [2.05, 4.69) is 5.10 Å². The number of alkyl halides is 3. The van der Waals surface area contributed by atoms with Crippen molar-refractivity contribution in [1.82, 2.24) is 14.7 Å². The van der Waals surface area contributed by atoms with Gasteiger partial charge in [-0.25, -0.2) is 9.07 Å². The van der Waals surface area contributed by atoms with Crippen LogP contribution in [0.2, 0.25) is 0 Å². The van der Waals surface area contributed by atoms with Gasteiger partial charge in [0, 0.05) is 13.6 Å². The first-order chi connectivity index (χ1) is 13.3. The molecule has 4 nitrogen and oxygen atoms in total. The van der Waals surface area contributed by atoms with Gasteiger partial charge in [-0.05, 0) is 24.1 Å². The summed E-state index contributed by atoms with van der Waals surface area (Å²) in [6.45, 7) is 0.227. The smallest absolute Gasteiger partial charge is 0.341 e. The van der Waals surface area contributed by atoms with Gasteiger partial charge in [0.1, 0.15) is 11.5 Å². The molecule has 146 valence electrons. The molecule has 28 heavy (non-hydrogen) atoms. The van der Waals surface area contributed by atoms with Crippen LogP contribution < -0.4 is 0 Å². The third kappa shape index (κ3) is 4.05. The van der Waals surface area contributed by atoms with Crippen molar-refractivity contribution in [1.29, 1.82) is 0 Å². The number of carbonyl (C=O) groups excluding carboxylic acids is 1. The van der Waals surface area contributed by atoms with Crippen LogP contribution in [0.15, 0.2) is 60.8 Å². The zero-order valence-corrected chi connectivity index (χ0v) is 14.9. The monoisotopic (exact) mass is 391 g/mol. The summed E-state index contributed by atoms with van der Waals surface area (Å²) < 4.78 is 55.5. The van der Waals surface area contributed by atoms with Gasteiger partial charge in [-0.3, -0.25) is 4.79 Å². The van der Waals surface area contributed by atoms with Crippen molar-refractivity contribution < 1.29 is 22.4 Å². The van der Waals surface area contributed by atoms with E-state index >= 15 is 0 Å². The lowest BCUT2D eigenvalue weighted by molar-refractivity contribution is -0.143. The SMILES string of the molecule is CN(CCc1ccccc1)C(=O)c1cnn(-c2ccccc2F)c1C(F)(F)F. The number of carbonyl (C=O) groups is 1. The zero-order valence-electron chi connectivity index (χ0n) is 14.9. The summed E-state index contributed by atoms with van der Waals surface area (Å²) in [6.07, 6.45) is -3.56. The fourth-order valence-electron chi connectivity index (χ4n) is 2.83. The lowest BCUT2D eigenvalue weighted by Crippen LogP contribution is -2.30. The number of aromatic nitrogens is 2. The molecule has 3 aromatic rings. The Morgan fingerprint density at radius 2 is 1.71 bits per heavy atom. The van der Waals surface area contributed by atoms with Gasteiger partial charge < -0.3 is 4.90 Å². The summed E-state index contributed by atoms with van der Waals surface area (Å²) in [5.74, 6) is -1.70. The number of rotatable bonds is 5. The summed E-state index contributed by atoms with van der Waals surface area (Å²) in [5.41, 5.74) is -1.33. The van der Waals surface area contributed by atoms with Crippen LogP contribution in [0.25, 0.3) is 5.69 Å². The predicted molar refractivity (Wildman–Crippen MR) is 95.6 cm³/mol. The second-order valence-corrected chi connectivity index (χ2v) is 6.23. The molecule has 0 spiro atoms. The molecule has 0 aliphatic heterocycles. The second kappa shape index (κ2) is 7.84. The van der Waals surface area contributed by atoms with E-state index in [1.807, 2.05) is 30.3 Å². The fourth-order valence-corrected chi connectivity index (χ4v) is 2.83. The van der Waals surface area contributed by atoms with Crippen LogP contribution in [0.1, 0.15) is 21.6 Å². The first-order valence-electron chi connectivity index (χ1n) is 8.48. The number of nitrogens with zero attached hydrogens (tertiary/aromatic N) is 3. The topological polar surface area (TPSA) is 38.1 Å². The van der Waals surface area contributed by atoms with Gasteiger partial charge >= 0.3 is 6.18 Å². The minimum absolute atomic E-state index is 0.227. The average molecular weight is 391 g/mol. The number of likely N-dealkylation sites (N-methyl/N-ethyl adjacent to an activating group) is 1. The van der Waals surface area contributed by atoms with Gasteiger partial charge in [0.2, 0.25) is 0 Å². The quantitative estimate of drug-likeness (QED) is 0.607. The van der Waals surface area contributed by atoms with Gasteiger partial charge in [0.05, 0.1) is 11.8 Å². The van der Waals surface area contributed by atoms with Crippen molar-refractivity contribution in [3.8, 4) is 5.69 Å². The number of benzene rings is 2. The molecular formula is C20H17F4N3O. The molecular weight excluding hydrogens is 374 g/mol. The number of para-hydroxylation sites is 1. The van der Waals surface area contributed by atoms with E-state index in [1.165, 1.54) is 30.1 Å². The first kappa shape index (κ1) is 19.6. The van der Waals surface area contributed by atoms with E-state index in [1.54, 1.807) is 0 Å². The molecule has 1 heterocycles. The Kier molecular flexibility index (Phi) is 5.48. The van der Waals surface area contributed by atoms with E-state index in [-0.39, 0.29) is 12.2 Å². The van der Waals surface area contributed by atoms with Crippen molar-refractivity contribution in [2.24, 2.45) is 0 Å². The summed E-state index contributed by atoms with van der Waals surface area (Å²) in [7, 11) is 1.42. The highest BCUT2D eigenvalue weighted by Gasteiger charge is 2.41. The highest BCUT2D eigenvalue weighted by molar-refractivity contribution is 5.95. The maximum Gasteiger partial charge on any atom is 0.434 e. The van der Waals surface area contributed by atoms with Crippen LogP contribution in [0.5, 0.6) is 0 Å². The molecule has 1 aromatic heterocycles. The molecule has 0 fully saturated rings. The molecule has 3 rings (SSSR count). The number of amides is 1. The standard InChI is InChI=1S/C20H17F4N3O/c1-26(12-11-14-7-3-2-4-8-14)19(28)15-13-25-27(18(15)20(22,23)24)17-10-6-5-9-16(17)21/h2-10,13H,11-12H2,1H3. The predicted octanol–water partition coefficient (Wildman–Crippen LogP) is 4.34. The van der Waals surface area contributed by atoms with Crippen molar-refractivity contribution in [3.05, 3.63) is 83.4 Å². The van der Waals surface area contributed by atoms with Crippen LogP contribution in [-0.2, 0) is 12.6 Å². The van der Waals surface area contributed by atoms with Gasteiger partial charge in [0.25, 0.3) is 5.91 Å².